The standard InChI is InChI=1S/C24H29N5OS/c1-18-9-11-20(12-10-18)23-26-27-24(31)29(23)16-13-22(30)25-17-21(28-14-5-6-15-28)19-7-3-2-4-8-19/h2-4,7-12,21H,5-6,13-17H2,1H3,(H,25,30)(H,27,31)/t21-/m0/s1. The fourth-order valence-electron chi connectivity index (χ4n) is 4.15. The zero-order valence-corrected chi connectivity index (χ0v) is 18.7. The summed E-state index contributed by atoms with van der Waals surface area (Å²) in [5.41, 5.74) is 3.43. The number of H-pyrrole nitrogens is 1. The summed E-state index contributed by atoms with van der Waals surface area (Å²) in [5.74, 6) is 0.787. The number of hydrogen-bond donors (Lipinski definition) is 2. The van der Waals surface area contributed by atoms with E-state index in [0.717, 1.165) is 24.5 Å². The van der Waals surface area contributed by atoms with Crippen molar-refractivity contribution >= 4 is 18.1 Å². The number of amides is 1. The second-order valence-corrected chi connectivity index (χ2v) is 8.48. The average Bonchev–Trinajstić information content (AvgIpc) is 3.44. The zero-order chi connectivity index (χ0) is 21.6. The third kappa shape index (κ3) is 5.29. The molecule has 1 fully saturated rings. The lowest BCUT2D eigenvalue weighted by Crippen LogP contribution is -2.37. The van der Waals surface area contributed by atoms with Crippen LogP contribution in [0.5, 0.6) is 0 Å². The van der Waals surface area contributed by atoms with Gasteiger partial charge in [-0.25, -0.2) is 0 Å². The minimum absolute atomic E-state index is 0.0260. The Kier molecular flexibility index (Phi) is 6.94. The van der Waals surface area contributed by atoms with Gasteiger partial charge in [0.05, 0.1) is 6.04 Å². The summed E-state index contributed by atoms with van der Waals surface area (Å²) in [6.07, 6.45) is 2.80. The van der Waals surface area contributed by atoms with E-state index < -0.39 is 0 Å². The first-order valence-corrected chi connectivity index (χ1v) is 11.3. The van der Waals surface area contributed by atoms with Crippen molar-refractivity contribution in [1.29, 1.82) is 0 Å². The van der Waals surface area contributed by atoms with Crippen LogP contribution in [0.4, 0.5) is 0 Å². The Balaban J connectivity index is 1.39. The smallest absolute Gasteiger partial charge is 0.221 e. The number of aryl methyl sites for hydroxylation is 1. The molecule has 3 aromatic rings. The zero-order valence-electron chi connectivity index (χ0n) is 17.9. The van der Waals surface area contributed by atoms with Gasteiger partial charge in [-0.15, -0.1) is 0 Å². The van der Waals surface area contributed by atoms with Gasteiger partial charge in [-0.3, -0.25) is 19.4 Å². The predicted octanol–water partition coefficient (Wildman–Crippen LogP) is 4.26. The number of likely N-dealkylation sites (tertiary alicyclic amines) is 1. The predicted molar refractivity (Wildman–Crippen MR) is 125 cm³/mol. The molecule has 7 heteroatoms. The maximum atomic E-state index is 12.7. The molecule has 1 saturated heterocycles. The lowest BCUT2D eigenvalue weighted by Gasteiger charge is -2.28. The third-order valence-corrected chi connectivity index (χ3v) is 6.20. The molecular weight excluding hydrogens is 406 g/mol. The Hall–Kier alpha value is -2.77. The lowest BCUT2D eigenvalue weighted by atomic mass is 10.1. The molecule has 0 aliphatic carbocycles. The van der Waals surface area contributed by atoms with Crippen LogP contribution in [0.1, 0.15) is 36.4 Å². The lowest BCUT2D eigenvalue weighted by molar-refractivity contribution is -0.121. The van der Waals surface area contributed by atoms with Crippen molar-refractivity contribution in [2.75, 3.05) is 19.6 Å². The second-order valence-electron chi connectivity index (χ2n) is 8.09. The highest BCUT2D eigenvalue weighted by Crippen LogP contribution is 2.24. The molecule has 2 aromatic carbocycles. The quantitative estimate of drug-likeness (QED) is 0.519. The van der Waals surface area contributed by atoms with Gasteiger partial charge >= 0.3 is 0 Å². The first-order chi connectivity index (χ1) is 15.1. The van der Waals surface area contributed by atoms with Crippen LogP contribution < -0.4 is 5.32 Å². The number of aromatic nitrogens is 3. The maximum absolute atomic E-state index is 12.7. The van der Waals surface area contributed by atoms with Crippen LogP contribution in [0.15, 0.2) is 54.6 Å². The normalized spacial score (nSPS) is 15.1. The summed E-state index contributed by atoms with van der Waals surface area (Å²) in [5, 5.41) is 10.4. The largest absolute Gasteiger partial charge is 0.354 e. The topological polar surface area (TPSA) is 66.0 Å². The highest BCUT2D eigenvalue weighted by molar-refractivity contribution is 7.71. The molecule has 6 nitrogen and oxygen atoms in total. The summed E-state index contributed by atoms with van der Waals surface area (Å²) in [7, 11) is 0. The van der Waals surface area contributed by atoms with Gasteiger partial charge in [0.2, 0.25) is 5.91 Å². The average molecular weight is 436 g/mol. The SMILES string of the molecule is Cc1ccc(-c2n[nH]c(=S)n2CCC(=O)NC[C@@H](c2ccccc2)N2CCCC2)cc1. The molecule has 0 unspecified atom stereocenters. The fourth-order valence-corrected chi connectivity index (χ4v) is 4.37. The van der Waals surface area contributed by atoms with Gasteiger partial charge < -0.3 is 5.32 Å². The van der Waals surface area contributed by atoms with Crippen molar-refractivity contribution in [2.24, 2.45) is 0 Å². The molecule has 4 rings (SSSR count). The molecule has 1 amide bonds. The fraction of sp³-hybridized carbons (Fsp3) is 0.375. The van der Waals surface area contributed by atoms with E-state index in [-0.39, 0.29) is 11.9 Å². The Morgan fingerprint density at radius 3 is 2.55 bits per heavy atom. The van der Waals surface area contributed by atoms with Gasteiger partial charge in [0.1, 0.15) is 0 Å². The van der Waals surface area contributed by atoms with Crippen molar-refractivity contribution in [3.8, 4) is 11.4 Å². The van der Waals surface area contributed by atoms with Gasteiger partial charge in [0, 0.05) is 25.1 Å². The van der Waals surface area contributed by atoms with Crippen LogP contribution in [-0.2, 0) is 11.3 Å². The molecule has 1 atom stereocenters. The number of carbonyl (C=O) groups excluding carboxylic acids is 1. The van der Waals surface area contributed by atoms with E-state index in [9.17, 15) is 4.79 Å². The molecule has 0 radical (unpaired) electrons. The number of carbonyl (C=O) groups is 1. The number of aromatic amines is 1. The number of nitrogens with zero attached hydrogens (tertiary/aromatic N) is 3. The number of hydrogen-bond acceptors (Lipinski definition) is 4. The molecule has 162 valence electrons. The monoisotopic (exact) mass is 435 g/mol. The molecular formula is C24H29N5OS. The molecule has 2 heterocycles. The molecule has 2 N–H and O–H groups in total. The van der Waals surface area contributed by atoms with Crippen LogP contribution in [0.3, 0.4) is 0 Å². The first-order valence-electron chi connectivity index (χ1n) is 10.9. The van der Waals surface area contributed by atoms with E-state index in [4.69, 9.17) is 12.2 Å². The molecule has 31 heavy (non-hydrogen) atoms. The summed E-state index contributed by atoms with van der Waals surface area (Å²) in [6.45, 7) is 5.32. The van der Waals surface area contributed by atoms with Gasteiger partial charge in [-0.2, -0.15) is 5.10 Å². The van der Waals surface area contributed by atoms with Crippen LogP contribution in [0, 0.1) is 11.7 Å². The van der Waals surface area contributed by atoms with E-state index in [2.05, 4.69) is 51.6 Å². The highest BCUT2D eigenvalue weighted by Gasteiger charge is 2.23. The van der Waals surface area contributed by atoms with Crippen LogP contribution in [-0.4, -0.2) is 45.2 Å². The third-order valence-electron chi connectivity index (χ3n) is 5.89. The summed E-state index contributed by atoms with van der Waals surface area (Å²) in [4.78, 5) is 15.2. The van der Waals surface area contributed by atoms with Crippen LogP contribution >= 0.6 is 12.2 Å². The highest BCUT2D eigenvalue weighted by atomic mass is 32.1. The minimum Gasteiger partial charge on any atom is -0.354 e. The maximum Gasteiger partial charge on any atom is 0.221 e. The molecule has 0 spiro atoms. The van der Waals surface area contributed by atoms with Gasteiger partial charge in [-0.1, -0.05) is 60.2 Å². The number of rotatable bonds is 8. The molecule has 1 aromatic heterocycles. The van der Waals surface area contributed by atoms with Gasteiger partial charge in [0.15, 0.2) is 10.6 Å². The van der Waals surface area contributed by atoms with E-state index in [1.807, 2.05) is 34.9 Å². The van der Waals surface area contributed by atoms with Crippen molar-refractivity contribution < 1.29 is 4.79 Å². The Morgan fingerprint density at radius 1 is 1.13 bits per heavy atom. The Bertz CT molecular complexity index is 1050. The van der Waals surface area contributed by atoms with Crippen molar-refractivity contribution in [3.63, 3.8) is 0 Å². The number of benzene rings is 2. The Morgan fingerprint density at radius 2 is 1.84 bits per heavy atom. The minimum atomic E-state index is 0.0260. The van der Waals surface area contributed by atoms with Crippen molar-refractivity contribution in [2.45, 2.75) is 38.8 Å². The molecule has 1 aliphatic rings. The summed E-state index contributed by atoms with van der Waals surface area (Å²) < 4.78 is 2.43. The van der Waals surface area contributed by atoms with Crippen molar-refractivity contribution in [3.05, 3.63) is 70.5 Å². The Labute approximate surface area is 188 Å². The molecule has 1 aliphatic heterocycles. The molecule has 0 bridgehead atoms. The van der Waals surface area contributed by atoms with Crippen LogP contribution in [0.2, 0.25) is 0 Å². The van der Waals surface area contributed by atoms with E-state index in [1.54, 1.807) is 0 Å². The summed E-state index contributed by atoms with van der Waals surface area (Å²) in [6, 6.07) is 18.8. The molecule has 0 saturated carbocycles. The van der Waals surface area contributed by atoms with E-state index in [0.29, 0.717) is 24.3 Å². The second kappa shape index (κ2) is 10.0. The van der Waals surface area contributed by atoms with Gasteiger partial charge in [0.25, 0.3) is 0 Å². The summed E-state index contributed by atoms with van der Waals surface area (Å²) >= 11 is 5.40. The number of nitrogens with one attached hydrogen (secondary N) is 2. The van der Waals surface area contributed by atoms with E-state index in [1.165, 1.54) is 24.0 Å². The van der Waals surface area contributed by atoms with Crippen molar-refractivity contribution in [1.82, 2.24) is 25.0 Å². The first kappa shape index (κ1) is 21.5. The van der Waals surface area contributed by atoms with E-state index >= 15 is 0 Å². The van der Waals surface area contributed by atoms with Crippen LogP contribution in [0.25, 0.3) is 11.4 Å². The van der Waals surface area contributed by atoms with Gasteiger partial charge in [-0.05, 0) is 50.6 Å².